The molecule has 6 nitrogen and oxygen atoms in total. The van der Waals surface area contributed by atoms with Gasteiger partial charge in [-0.15, -0.1) is 0 Å². The second-order valence-electron chi connectivity index (χ2n) is 5.14. The molecule has 1 saturated heterocycles. The highest BCUT2D eigenvalue weighted by atomic mass is 16.5. The number of ether oxygens (including phenoxy) is 1. The Bertz CT molecular complexity index is 408. The van der Waals surface area contributed by atoms with Crippen molar-refractivity contribution in [1.29, 1.82) is 0 Å². The van der Waals surface area contributed by atoms with Crippen LogP contribution in [0.4, 0.5) is 0 Å². The van der Waals surface area contributed by atoms with Crippen molar-refractivity contribution >= 4 is 5.91 Å². The van der Waals surface area contributed by atoms with E-state index in [4.69, 9.17) is 9.26 Å². The van der Waals surface area contributed by atoms with Gasteiger partial charge < -0.3 is 14.6 Å². The molecule has 3 rings (SSSR count). The van der Waals surface area contributed by atoms with E-state index in [1.54, 1.807) is 0 Å². The van der Waals surface area contributed by atoms with Crippen molar-refractivity contribution in [3.8, 4) is 0 Å². The van der Waals surface area contributed by atoms with Crippen LogP contribution in [0.15, 0.2) is 10.9 Å². The molecule has 1 aliphatic heterocycles. The topological polar surface area (TPSA) is 77.3 Å². The quantitative estimate of drug-likeness (QED) is 0.863. The van der Waals surface area contributed by atoms with Gasteiger partial charge >= 0.3 is 0 Å². The highest BCUT2D eigenvalue weighted by Crippen LogP contribution is 2.34. The third-order valence-electron chi connectivity index (χ3n) is 3.69. The monoisotopic (exact) mass is 251 g/mol. The number of aromatic nitrogens is 2. The summed E-state index contributed by atoms with van der Waals surface area (Å²) in [6.07, 6.45) is 5.66. The second kappa shape index (κ2) is 4.68. The molecule has 2 fully saturated rings. The molecule has 1 N–H and O–H groups in total. The number of amides is 1. The van der Waals surface area contributed by atoms with Crippen LogP contribution < -0.4 is 5.32 Å². The fourth-order valence-electron chi connectivity index (χ4n) is 2.41. The van der Waals surface area contributed by atoms with Crippen LogP contribution >= 0.6 is 0 Å². The summed E-state index contributed by atoms with van der Waals surface area (Å²) < 4.78 is 10.2. The zero-order chi connectivity index (χ0) is 12.4. The Labute approximate surface area is 105 Å². The molecule has 0 aromatic carbocycles. The SMILES string of the molecule is O=C(CC1CC1)NC1(c2ncon2)CCOCC1. The second-order valence-corrected chi connectivity index (χ2v) is 5.14. The van der Waals surface area contributed by atoms with Crippen LogP contribution in [0.1, 0.15) is 37.9 Å². The summed E-state index contributed by atoms with van der Waals surface area (Å²) in [6.45, 7) is 1.22. The van der Waals surface area contributed by atoms with Crippen LogP contribution in [0.2, 0.25) is 0 Å². The molecule has 6 heteroatoms. The third-order valence-corrected chi connectivity index (χ3v) is 3.69. The van der Waals surface area contributed by atoms with Crippen molar-refractivity contribution in [3.05, 3.63) is 12.2 Å². The summed E-state index contributed by atoms with van der Waals surface area (Å²) in [7, 11) is 0. The van der Waals surface area contributed by atoms with E-state index >= 15 is 0 Å². The minimum Gasteiger partial charge on any atom is -0.381 e. The smallest absolute Gasteiger partial charge is 0.221 e. The molecule has 1 saturated carbocycles. The van der Waals surface area contributed by atoms with Crippen molar-refractivity contribution in [2.24, 2.45) is 5.92 Å². The van der Waals surface area contributed by atoms with Gasteiger partial charge in [-0.1, -0.05) is 5.16 Å². The first-order chi connectivity index (χ1) is 8.78. The number of carbonyl (C=O) groups excluding carboxylic acids is 1. The summed E-state index contributed by atoms with van der Waals surface area (Å²) in [4.78, 5) is 16.1. The summed E-state index contributed by atoms with van der Waals surface area (Å²) >= 11 is 0. The van der Waals surface area contributed by atoms with E-state index in [0.717, 1.165) is 0 Å². The lowest BCUT2D eigenvalue weighted by molar-refractivity contribution is -0.125. The van der Waals surface area contributed by atoms with Crippen LogP contribution in [-0.2, 0) is 15.1 Å². The minimum atomic E-state index is -0.503. The van der Waals surface area contributed by atoms with Crippen LogP contribution in [0.3, 0.4) is 0 Å². The fourth-order valence-corrected chi connectivity index (χ4v) is 2.41. The Morgan fingerprint density at radius 2 is 2.22 bits per heavy atom. The summed E-state index contributed by atoms with van der Waals surface area (Å²) in [5.74, 6) is 1.23. The van der Waals surface area contributed by atoms with Crippen LogP contribution in [-0.4, -0.2) is 29.3 Å². The molecular weight excluding hydrogens is 234 g/mol. The average molecular weight is 251 g/mol. The molecule has 0 bridgehead atoms. The van der Waals surface area contributed by atoms with E-state index in [-0.39, 0.29) is 5.91 Å². The number of rotatable bonds is 4. The van der Waals surface area contributed by atoms with E-state index in [9.17, 15) is 4.79 Å². The van der Waals surface area contributed by atoms with Crippen LogP contribution in [0.5, 0.6) is 0 Å². The Morgan fingerprint density at radius 1 is 1.44 bits per heavy atom. The molecule has 2 heterocycles. The van der Waals surface area contributed by atoms with Gasteiger partial charge in [0.05, 0.1) is 0 Å². The number of carbonyl (C=O) groups is 1. The molecular formula is C12H17N3O3. The van der Waals surface area contributed by atoms with Crippen LogP contribution in [0, 0.1) is 5.92 Å². The van der Waals surface area contributed by atoms with Gasteiger partial charge in [0.1, 0.15) is 5.54 Å². The van der Waals surface area contributed by atoms with Crippen molar-refractivity contribution in [3.63, 3.8) is 0 Å². The van der Waals surface area contributed by atoms with E-state index < -0.39 is 5.54 Å². The Morgan fingerprint density at radius 3 is 2.83 bits per heavy atom. The summed E-state index contributed by atoms with van der Waals surface area (Å²) in [5, 5.41) is 7.01. The Hall–Kier alpha value is -1.43. The average Bonchev–Trinajstić information content (AvgIpc) is 3.00. The van der Waals surface area contributed by atoms with E-state index in [0.29, 0.717) is 44.2 Å². The summed E-state index contributed by atoms with van der Waals surface area (Å²) in [6, 6.07) is 0. The van der Waals surface area contributed by atoms with Crippen molar-refractivity contribution < 1.29 is 14.1 Å². The molecule has 1 aromatic heterocycles. The van der Waals surface area contributed by atoms with Gasteiger partial charge in [-0.2, -0.15) is 4.98 Å². The molecule has 0 radical (unpaired) electrons. The van der Waals surface area contributed by atoms with Gasteiger partial charge in [0, 0.05) is 32.5 Å². The molecule has 0 atom stereocenters. The first-order valence-corrected chi connectivity index (χ1v) is 6.44. The first-order valence-electron chi connectivity index (χ1n) is 6.44. The maximum Gasteiger partial charge on any atom is 0.221 e. The predicted octanol–water partition coefficient (Wildman–Crippen LogP) is 0.992. The maximum absolute atomic E-state index is 12.0. The van der Waals surface area contributed by atoms with Gasteiger partial charge in [-0.3, -0.25) is 4.79 Å². The van der Waals surface area contributed by atoms with Crippen LogP contribution in [0.25, 0.3) is 0 Å². The number of hydrogen-bond acceptors (Lipinski definition) is 5. The number of hydrogen-bond donors (Lipinski definition) is 1. The number of nitrogens with one attached hydrogen (secondary N) is 1. The molecule has 1 aliphatic carbocycles. The molecule has 18 heavy (non-hydrogen) atoms. The lowest BCUT2D eigenvalue weighted by Crippen LogP contribution is -2.50. The lowest BCUT2D eigenvalue weighted by Gasteiger charge is -2.35. The third kappa shape index (κ3) is 2.38. The normalized spacial score (nSPS) is 22.7. The Balaban J connectivity index is 1.74. The Kier molecular flexibility index (Phi) is 3.03. The number of nitrogens with zero attached hydrogens (tertiary/aromatic N) is 2. The standard InChI is InChI=1S/C12H17N3O3/c16-10(7-9-1-2-9)14-12(3-5-17-6-4-12)11-13-8-18-15-11/h8-9H,1-7H2,(H,14,16). The molecule has 0 unspecified atom stereocenters. The summed E-state index contributed by atoms with van der Waals surface area (Å²) in [5.41, 5.74) is -0.503. The van der Waals surface area contributed by atoms with Gasteiger partial charge in [-0.05, 0) is 18.8 Å². The largest absolute Gasteiger partial charge is 0.381 e. The first kappa shape index (κ1) is 11.6. The highest BCUT2D eigenvalue weighted by molar-refractivity contribution is 5.77. The molecule has 2 aliphatic rings. The predicted molar refractivity (Wildman–Crippen MR) is 61.5 cm³/mol. The zero-order valence-corrected chi connectivity index (χ0v) is 10.2. The molecule has 1 aromatic rings. The zero-order valence-electron chi connectivity index (χ0n) is 10.2. The van der Waals surface area contributed by atoms with Crippen molar-refractivity contribution in [2.45, 2.75) is 37.6 Å². The lowest BCUT2D eigenvalue weighted by atomic mass is 9.89. The fraction of sp³-hybridized carbons (Fsp3) is 0.750. The molecule has 0 spiro atoms. The van der Waals surface area contributed by atoms with Gasteiger partial charge in [0.15, 0.2) is 5.82 Å². The van der Waals surface area contributed by atoms with Crippen molar-refractivity contribution in [2.75, 3.05) is 13.2 Å². The van der Waals surface area contributed by atoms with Crippen molar-refractivity contribution in [1.82, 2.24) is 15.5 Å². The van der Waals surface area contributed by atoms with Gasteiger partial charge in [0.25, 0.3) is 0 Å². The minimum absolute atomic E-state index is 0.0872. The highest BCUT2D eigenvalue weighted by Gasteiger charge is 2.40. The van der Waals surface area contributed by atoms with Gasteiger partial charge in [-0.25, -0.2) is 0 Å². The van der Waals surface area contributed by atoms with E-state index in [1.807, 2.05) is 0 Å². The molecule has 1 amide bonds. The van der Waals surface area contributed by atoms with Gasteiger partial charge in [0.2, 0.25) is 12.3 Å². The maximum atomic E-state index is 12.0. The van der Waals surface area contributed by atoms with E-state index in [1.165, 1.54) is 19.2 Å². The van der Waals surface area contributed by atoms with E-state index in [2.05, 4.69) is 15.5 Å². The molecule has 98 valence electrons.